The second-order valence-corrected chi connectivity index (χ2v) is 7.16. The molecule has 0 aliphatic heterocycles. The molecule has 0 aliphatic rings. The standard InChI is InChI=1S/C25H25N3O3/c1-19-9-5-8-14-23(19)30-16-15-28-22-13-7-6-12-21(22)27-24(28)17-26-25(29)18-31-20-10-3-2-4-11-20/h2-14H,15-18H2,1H3,(H,26,29). The quantitative estimate of drug-likeness (QED) is 0.447. The van der Waals surface area contributed by atoms with E-state index >= 15 is 0 Å². The van der Waals surface area contributed by atoms with Crippen molar-refractivity contribution in [1.29, 1.82) is 0 Å². The fourth-order valence-corrected chi connectivity index (χ4v) is 3.37. The summed E-state index contributed by atoms with van der Waals surface area (Å²) in [5, 5.41) is 2.90. The lowest BCUT2D eigenvalue weighted by atomic mass is 10.2. The van der Waals surface area contributed by atoms with Gasteiger partial charge in [0.1, 0.15) is 23.9 Å². The first-order chi connectivity index (χ1) is 15.2. The first-order valence-electron chi connectivity index (χ1n) is 10.3. The Labute approximate surface area is 181 Å². The number of ether oxygens (including phenoxy) is 2. The summed E-state index contributed by atoms with van der Waals surface area (Å²) in [6.07, 6.45) is 0. The summed E-state index contributed by atoms with van der Waals surface area (Å²) in [5.41, 5.74) is 3.01. The van der Waals surface area contributed by atoms with Crippen LogP contribution in [0.2, 0.25) is 0 Å². The summed E-state index contributed by atoms with van der Waals surface area (Å²) in [4.78, 5) is 17.0. The lowest BCUT2D eigenvalue weighted by Crippen LogP contribution is -2.29. The Hall–Kier alpha value is -3.80. The van der Waals surface area contributed by atoms with Crippen LogP contribution < -0.4 is 14.8 Å². The molecule has 0 saturated heterocycles. The van der Waals surface area contributed by atoms with Gasteiger partial charge in [-0.1, -0.05) is 48.5 Å². The number of rotatable bonds is 9. The molecule has 0 saturated carbocycles. The Morgan fingerprint density at radius 1 is 0.935 bits per heavy atom. The van der Waals surface area contributed by atoms with Gasteiger partial charge < -0.3 is 19.4 Å². The Bertz CT molecular complexity index is 1160. The van der Waals surface area contributed by atoms with E-state index in [0.717, 1.165) is 28.2 Å². The van der Waals surface area contributed by atoms with E-state index in [1.165, 1.54) is 0 Å². The molecule has 0 atom stereocenters. The molecule has 6 nitrogen and oxygen atoms in total. The van der Waals surface area contributed by atoms with E-state index < -0.39 is 0 Å². The van der Waals surface area contributed by atoms with E-state index in [4.69, 9.17) is 14.5 Å². The molecule has 0 radical (unpaired) electrons. The number of nitrogens with one attached hydrogen (secondary N) is 1. The Morgan fingerprint density at radius 3 is 2.52 bits per heavy atom. The first-order valence-corrected chi connectivity index (χ1v) is 10.3. The van der Waals surface area contributed by atoms with Crippen LogP contribution in [-0.2, 0) is 17.9 Å². The maximum absolute atomic E-state index is 12.3. The monoisotopic (exact) mass is 415 g/mol. The third kappa shape index (κ3) is 5.22. The van der Waals surface area contributed by atoms with Crippen LogP contribution in [0.25, 0.3) is 11.0 Å². The topological polar surface area (TPSA) is 65.4 Å². The zero-order chi connectivity index (χ0) is 21.5. The Kier molecular flexibility index (Phi) is 6.47. The molecule has 31 heavy (non-hydrogen) atoms. The van der Waals surface area contributed by atoms with Gasteiger partial charge in [-0.3, -0.25) is 4.79 Å². The van der Waals surface area contributed by atoms with Gasteiger partial charge in [-0.15, -0.1) is 0 Å². The molecular formula is C25H25N3O3. The van der Waals surface area contributed by atoms with Crippen LogP contribution >= 0.6 is 0 Å². The van der Waals surface area contributed by atoms with Crippen molar-refractivity contribution in [2.75, 3.05) is 13.2 Å². The van der Waals surface area contributed by atoms with Crippen LogP contribution in [0.4, 0.5) is 0 Å². The smallest absolute Gasteiger partial charge is 0.258 e. The van der Waals surface area contributed by atoms with E-state index in [1.807, 2.05) is 85.8 Å². The van der Waals surface area contributed by atoms with Crippen LogP contribution in [-0.4, -0.2) is 28.7 Å². The number of para-hydroxylation sites is 4. The van der Waals surface area contributed by atoms with Crippen LogP contribution in [0.5, 0.6) is 11.5 Å². The fourth-order valence-electron chi connectivity index (χ4n) is 3.37. The van der Waals surface area contributed by atoms with Gasteiger partial charge >= 0.3 is 0 Å². The minimum absolute atomic E-state index is 0.0410. The predicted molar refractivity (Wildman–Crippen MR) is 120 cm³/mol. The van der Waals surface area contributed by atoms with Gasteiger partial charge in [0.2, 0.25) is 0 Å². The molecular weight excluding hydrogens is 390 g/mol. The number of nitrogens with zero attached hydrogens (tertiary/aromatic N) is 2. The summed E-state index contributed by atoms with van der Waals surface area (Å²) in [6.45, 7) is 3.43. The van der Waals surface area contributed by atoms with Crippen molar-refractivity contribution in [3.8, 4) is 11.5 Å². The lowest BCUT2D eigenvalue weighted by Gasteiger charge is -2.13. The van der Waals surface area contributed by atoms with Gasteiger partial charge in [0, 0.05) is 0 Å². The van der Waals surface area contributed by atoms with Gasteiger partial charge in [-0.2, -0.15) is 0 Å². The molecule has 4 aromatic rings. The van der Waals surface area contributed by atoms with Gasteiger partial charge in [-0.05, 0) is 42.8 Å². The van der Waals surface area contributed by atoms with Crippen molar-refractivity contribution in [3.05, 3.63) is 90.3 Å². The highest BCUT2D eigenvalue weighted by molar-refractivity contribution is 5.78. The highest BCUT2D eigenvalue weighted by atomic mass is 16.5. The highest BCUT2D eigenvalue weighted by Gasteiger charge is 2.12. The van der Waals surface area contributed by atoms with Crippen molar-refractivity contribution in [2.24, 2.45) is 0 Å². The van der Waals surface area contributed by atoms with Crippen LogP contribution in [0, 0.1) is 6.92 Å². The van der Waals surface area contributed by atoms with E-state index in [9.17, 15) is 4.79 Å². The molecule has 1 N–H and O–H groups in total. The number of carbonyl (C=O) groups is 1. The maximum Gasteiger partial charge on any atom is 0.258 e. The fraction of sp³-hybridized carbons (Fsp3) is 0.200. The molecule has 0 unspecified atom stereocenters. The molecule has 4 rings (SSSR count). The average molecular weight is 415 g/mol. The molecule has 0 spiro atoms. The number of aromatic nitrogens is 2. The second kappa shape index (κ2) is 9.80. The largest absolute Gasteiger partial charge is 0.491 e. The number of hydrogen-bond donors (Lipinski definition) is 1. The second-order valence-electron chi connectivity index (χ2n) is 7.16. The number of aryl methyl sites for hydroxylation is 1. The van der Waals surface area contributed by atoms with Crippen molar-refractivity contribution in [1.82, 2.24) is 14.9 Å². The van der Waals surface area contributed by atoms with E-state index in [0.29, 0.717) is 25.4 Å². The summed E-state index contributed by atoms with van der Waals surface area (Å²) >= 11 is 0. The summed E-state index contributed by atoms with van der Waals surface area (Å²) in [5.74, 6) is 2.12. The molecule has 158 valence electrons. The van der Waals surface area contributed by atoms with Gasteiger partial charge in [-0.25, -0.2) is 4.98 Å². The van der Waals surface area contributed by atoms with Crippen LogP contribution in [0.15, 0.2) is 78.9 Å². The van der Waals surface area contributed by atoms with E-state index in [-0.39, 0.29) is 12.5 Å². The molecule has 1 heterocycles. The zero-order valence-electron chi connectivity index (χ0n) is 17.5. The average Bonchev–Trinajstić information content (AvgIpc) is 3.16. The van der Waals surface area contributed by atoms with Crippen LogP contribution in [0.3, 0.4) is 0 Å². The lowest BCUT2D eigenvalue weighted by molar-refractivity contribution is -0.123. The minimum Gasteiger partial charge on any atom is -0.491 e. The molecule has 3 aromatic carbocycles. The van der Waals surface area contributed by atoms with Crippen molar-refractivity contribution >= 4 is 16.9 Å². The number of fused-ring (bicyclic) bond motifs is 1. The maximum atomic E-state index is 12.3. The number of carbonyl (C=O) groups excluding carboxylic acids is 1. The van der Waals surface area contributed by atoms with E-state index in [1.54, 1.807) is 0 Å². The third-order valence-corrected chi connectivity index (χ3v) is 4.96. The SMILES string of the molecule is Cc1ccccc1OCCn1c(CNC(=O)COc2ccccc2)nc2ccccc21. The summed E-state index contributed by atoms with van der Waals surface area (Å²) < 4.78 is 13.6. The molecule has 1 amide bonds. The molecule has 1 aromatic heterocycles. The summed E-state index contributed by atoms with van der Waals surface area (Å²) in [6, 6.07) is 25.2. The van der Waals surface area contributed by atoms with Gasteiger partial charge in [0.05, 0.1) is 24.1 Å². The third-order valence-electron chi connectivity index (χ3n) is 4.96. The van der Waals surface area contributed by atoms with Crippen molar-refractivity contribution in [3.63, 3.8) is 0 Å². The summed E-state index contributed by atoms with van der Waals surface area (Å²) in [7, 11) is 0. The number of amides is 1. The van der Waals surface area contributed by atoms with Gasteiger partial charge in [0.15, 0.2) is 6.61 Å². The normalized spacial score (nSPS) is 10.7. The molecule has 0 aliphatic carbocycles. The minimum atomic E-state index is -0.196. The predicted octanol–water partition coefficient (Wildman–Crippen LogP) is 4.12. The van der Waals surface area contributed by atoms with Crippen molar-refractivity contribution < 1.29 is 14.3 Å². The number of imidazole rings is 1. The highest BCUT2D eigenvalue weighted by Crippen LogP contribution is 2.18. The first kappa shape index (κ1) is 20.5. The Morgan fingerprint density at radius 2 is 1.68 bits per heavy atom. The number of hydrogen-bond acceptors (Lipinski definition) is 4. The van der Waals surface area contributed by atoms with Crippen LogP contribution in [0.1, 0.15) is 11.4 Å². The molecule has 0 fully saturated rings. The van der Waals surface area contributed by atoms with Gasteiger partial charge in [0.25, 0.3) is 5.91 Å². The molecule has 0 bridgehead atoms. The zero-order valence-corrected chi connectivity index (χ0v) is 17.5. The molecule has 6 heteroatoms. The van der Waals surface area contributed by atoms with Crippen molar-refractivity contribution in [2.45, 2.75) is 20.0 Å². The Balaban J connectivity index is 1.40. The number of benzene rings is 3. The van der Waals surface area contributed by atoms with E-state index in [2.05, 4.69) is 9.88 Å².